The molecule has 0 unspecified atom stereocenters. The molecule has 1 aliphatic heterocycles. The summed E-state index contributed by atoms with van der Waals surface area (Å²) in [5.74, 6) is 0.190. The van der Waals surface area contributed by atoms with Crippen LogP contribution in [0.5, 0.6) is 0 Å². The maximum Gasteiger partial charge on any atom is 0.159 e. The van der Waals surface area contributed by atoms with Gasteiger partial charge in [-0.2, -0.15) is 0 Å². The van der Waals surface area contributed by atoms with Gasteiger partial charge < -0.3 is 0 Å². The van der Waals surface area contributed by atoms with Gasteiger partial charge in [0.2, 0.25) is 0 Å². The Hall–Kier alpha value is -0.760. The summed E-state index contributed by atoms with van der Waals surface area (Å²) < 4.78 is 1.68. The van der Waals surface area contributed by atoms with Gasteiger partial charge in [0.05, 0.1) is 5.70 Å². The smallest absolute Gasteiger partial charge is 0.159 e. The molecule has 0 bridgehead atoms. The number of nitrogens with zero attached hydrogens (tertiary/aromatic N) is 1. The molecule has 2 nitrogen and oxygen atoms in total. The first-order valence-electron chi connectivity index (χ1n) is 3.63. The van der Waals surface area contributed by atoms with E-state index in [1.54, 1.807) is 16.6 Å². The molecule has 0 aromatic rings. The summed E-state index contributed by atoms with van der Waals surface area (Å²) in [6, 6.07) is 0. The summed E-state index contributed by atoms with van der Waals surface area (Å²) in [4.78, 5) is 10.9. The van der Waals surface area contributed by atoms with E-state index in [1.807, 2.05) is 0 Å². The van der Waals surface area contributed by atoms with Crippen molar-refractivity contribution >= 4 is 17.6 Å². The number of rotatable bonds is 0. The standard InChI is InChI=1S/C8H8ClNO/c9-10-4-3-6-5-7(11)1-2-8(6)10/h1-2H,3-5H2. The van der Waals surface area contributed by atoms with Gasteiger partial charge >= 0.3 is 0 Å². The fourth-order valence-electron chi connectivity index (χ4n) is 1.47. The molecular formula is C8H8ClNO. The van der Waals surface area contributed by atoms with Gasteiger partial charge in [0, 0.05) is 24.7 Å². The van der Waals surface area contributed by atoms with Gasteiger partial charge in [-0.15, -0.1) is 0 Å². The summed E-state index contributed by atoms with van der Waals surface area (Å²) in [6.07, 6.45) is 4.91. The summed E-state index contributed by atoms with van der Waals surface area (Å²) in [7, 11) is 0. The highest BCUT2D eigenvalue weighted by Crippen LogP contribution is 2.30. The minimum atomic E-state index is 0.190. The predicted octanol–water partition coefficient (Wildman–Crippen LogP) is 1.63. The second kappa shape index (κ2) is 2.38. The van der Waals surface area contributed by atoms with Crippen molar-refractivity contribution in [2.24, 2.45) is 0 Å². The van der Waals surface area contributed by atoms with Crippen LogP contribution in [-0.4, -0.2) is 16.7 Å². The molecule has 3 heteroatoms. The minimum absolute atomic E-state index is 0.190. The monoisotopic (exact) mass is 169 g/mol. The maximum atomic E-state index is 10.9. The van der Waals surface area contributed by atoms with Crippen LogP contribution in [0.4, 0.5) is 0 Å². The summed E-state index contributed by atoms with van der Waals surface area (Å²) in [5, 5.41) is 0. The molecule has 0 saturated carbocycles. The zero-order valence-corrected chi connectivity index (χ0v) is 6.77. The van der Waals surface area contributed by atoms with Crippen molar-refractivity contribution in [2.45, 2.75) is 12.8 Å². The molecule has 0 spiro atoms. The van der Waals surface area contributed by atoms with Gasteiger partial charge in [-0.05, 0) is 24.1 Å². The number of halogens is 1. The van der Waals surface area contributed by atoms with Crippen LogP contribution in [0.3, 0.4) is 0 Å². The summed E-state index contributed by atoms with van der Waals surface area (Å²) in [5.41, 5.74) is 2.22. The molecule has 0 radical (unpaired) electrons. The Balaban J connectivity index is 2.32. The molecule has 0 fully saturated rings. The SMILES string of the molecule is O=C1C=CC2=C(CCN2Cl)C1. The van der Waals surface area contributed by atoms with Crippen LogP contribution in [0.15, 0.2) is 23.4 Å². The van der Waals surface area contributed by atoms with Crippen molar-refractivity contribution in [3.05, 3.63) is 23.4 Å². The zero-order chi connectivity index (χ0) is 7.84. The molecule has 0 amide bonds. The third-order valence-electron chi connectivity index (χ3n) is 2.05. The fourth-order valence-corrected chi connectivity index (χ4v) is 1.73. The lowest BCUT2D eigenvalue weighted by Crippen LogP contribution is -2.06. The van der Waals surface area contributed by atoms with Gasteiger partial charge in [-0.1, -0.05) is 0 Å². The molecule has 0 N–H and O–H groups in total. The molecule has 11 heavy (non-hydrogen) atoms. The lowest BCUT2D eigenvalue weighted by Gasteiger charge is -2.11. The average Bonchev–Trinajstić information content (AvgIpc) is 2.32. The highest BCUT2D eigenvalue weighted by molar-refractivity contribution is 6.15. The van der Waals surface area contributed by atoms with Gasteiger partial charge in [0.15, 0.2) is 5.78 Å². The molecule has 2 aliphatic rings. The molecule has 2 rings (SSSR count). The van der Waals surface area contributed by atoms with Crippen molar-refractivity contribution in [3.8, 4) is 0 Å². The minimum Gasteiger partial charge on any atom is -0.294 e. The topological polar surface area (TPSA) is 20.3 Å². The molecular weight excluding hydrogens is 162 g/mol. The molecule has 0 atom stereocenters. The second-order valence-corrected chi connectivity index (χ2v) is 3.21. The number of ketones is 1. The number of carbonyl (C=O) groups excluding carboxylic acids is 1. The molecule has 58 valence electrons. The number of carbonyl (C=O) groups is 1. The van der Waals surface area contributed by atoms with Gasteiger partial charge in [-0.3, -0.25) is 9.21 Å². The van der Waals surface area contributed by atoms with E-state index in [0.717, 1.165) is 18.7 Å². The van der Waals surface area contributed by atoms with E-state index in [2.05, 4.69) is 0 Å². The zero-order valence-electron chi connectivity index (χ0n) is 6.01. The Bertz CT molecular complexity index is 267. The predicted molar refractivity (Wildman–Crippen MR) is 43.0 cm³/mol. The second-order valence-electron chi connectivity index (χ2n) is 2.80. The third-order valence-corrected chi connectivity index (χ3v) is 2.40. The normalized spacial score (nSPS) is 23.0. The van der Waals surface area contributed by atoms with Crippen molar-refractivity contribution in [1.29, 1.82) is 0 Å². The van der Waals surface area contributed by atoms with E-state index in [1.165, 1.54) is 5.57 Å². The summed E-state index contributed by atoms with van der Waals surface area (Å²) in [6.45, 7) is 0.837. The number of hydrogen-bond acceptors (Lipinski definition) is 2. The first-order valence-corrected chi connectivity index (χ1v) is 3.97. The Kier molecular flexibility index (Phi) is 1.50. The fraction of sp³-hybridized carbons (Fsp3) is 0.375. The van der Waals surface area contributed by atoms with Gasteiger partial charge in [0.1, 0.15) is 0 Å². The van der Waals surface area contributed by atoms with E-state index in [9.17, 15) is 4.79 Å². The van der Waals surface area contributed by atoms with Crippen molar-refractivity contribution < 1.29 is 4.79 Å². The van der Waals surface area contributed by atoms with Crippen LogP contribution in [0.25, 0.3) is 0 Å². The molecule has 0 saturated heterocycles. The highest BCUT2D eigenvalue weighted by atomic mass is 35.5. The maximum absolute atomic E-state index is 10.9. The Morgan fingerprint density at radius 3 is 3.09 bits per heavy atom. The van der Waals surface area contributed by atoms with Crippen LogP contribution < -0.4 is 0 Å². The van der Waals surface area contributed by atoms with Crippen molar-refractivity contribution in [2.75, 3.05) is 6.54 Å². The third kappa shape index (κ3) is 1.07. The van der Waals surface area contributed by atoms with Crippen LogP contribution in [0.1, 0.15) is 12.8 Å². The molecule has 0 aromatic carbocycles. The lowest BCUT2D eigenvalue weighted by molar-refractivity contribution is -0.114. The highest BCUT2D eigenvalue weighted by Gasteiger charge is 2.23. The van der Waals surface area contributed by atoms with Crippen LogP contribution in [0.2, 0.25) is 0 Å². The number of allylic oxidation sites excluding steroid dienone is 2. The van der Waals surface area contributed by atoms with Crippen molar-refractivity contribution in [1.82, 2.24) is 4.42 Å². The average molecular weight is 170 g/mol. The lowest BCUT2D eigenvalue weighted by atomic mass is 10.0. The van der Waals surface area contributed by atoms with Gasteiger partial charge in [0.25, 0.3) is 0 Å². The largest absolute Gasteiger partial charge is 0.294 e. The van der Waals surface area contributed by atoms with Gasteiger partial charge in [-0.25, -0.2) is 0 Å². The first kappa shape index (κ1) is 6.92. The quantitative estimate of drug-likeness (QED) is 0.514. The van der Waals surface area contributed by atoms with E-state index in [0.29, 0.717) is 6.42 Å². The first-order chi connectivity index (χ1) is 5.27. The molecule has 0 aromatic heterocycles. The number of hydrogen-bond donors (Lipinski definition) is 0. The Morgan fingerprint density at radius 1 is 1.45 bits per heavy atom. The summed E-state index contributed by atoms with van der Waals surface area (Å²) >= 11 is 5.85. The Labute approximate surface area is 70.2 Å². The molecule has 1 heterocycles. The van der Waals surface area contributed by atoms with Crippen LogP contribution in [-0.2, 0) is 4.79 Å². The Morgan fingerprint density at radius 2 is 2.27 bits per heavy atom. The van der Waals surface area contributed by atoms with Crippen LogP contribution >= 0.6 is 11.8 Å². The van der Waals surface area contributed by atoms with E-state index < -0.39 is 0 Å². The molecule has 1 aliphatic carbocycles. The van der Waals surface area contributed by atoms with E-state index in [-0.39, 0.29) is 5.78 Å². The van der Waals surface area contributed by atoms with Crippen LogP contribution in [0, 0.1) is 0 Å². The van der Waals surface area contributed by atoms with Crippen molar-refractivity contribution in [3.63, 3.8) is 0 Å². The van der Waals surface area contributed by atoms with E-state index >= 15 is 0 Å². The van der Waals surface area contributed by atoms with E-state index in [4.69, 9.17) is 11.8 Å².